The number of imidazole rings is 1. The Labute approximate surface area is 134 Å². The van der Waals surface area contributed by atoms with Crippen LogP contribution in [0.4, 0.5) is 26.5 Å². The van der Waals surface area contributed by atoms with E-state index in [1.807, 2.05) is 0 Å². The van der Waals surface area contributed by atoms with Crippen molar-refractivity contribution in [2.75, 3.05) is 0 Å². The molecule has 3 heterocycles. The first-order valence-corrected chi connectivity index (χ1v) is 6.63. The predicted molar refractivity (Wildman–Crippen MR) is 71.7 cm³/mol. The van der Waals surface area contributed by atoms with Crippen LogP contribution in [0.25, 0.3) is 16.7 Å². The van der Waals surface area contributed by atoms with Gasteiger partial charge in [-0.15, -0.1) is 0 Å². The van der Waals surface area contributed by atoms with E-state index in [4.69, 9.17) is 0 Å². The lowest BCUT2D eigenvalue weighted by atomic mass is 10.0. The Hall–Kier alpha value is -2.85. The Morgan fingerprint density at radius 1 is 1.16 bits per heavy atom. The van der Waals surface area contributed by atoms with E-state index in [2.05, 4.69) is 14.9 Å². The molecule has 25 heavy (non-hydrogen) atoms. The molecule has 5 nitrogen and oxygen atoms in total. The third kappa shape index (κ3) is 2.55. The van der Waals surface area contributed by atoms with Crippen LogP contribution < -0.4 is 0 Å². The summed E-state index contributed by atoms with van der Waals surface area (Å²) in [5.74, 6) is -6.56. The number of nitrogens with zero attached hydrogens (tertiary/aromatic N) is 3. The van der Waals surface area contributed by atoms with Crippen molar-refractivity contribution >= 4 is 22.6 Å². The SMILES string of the molecule is Cc1cc(C(F)(F)C(F)(F)F)c2ccc3nc(C(=O)OF)cn3c2n1. The van der Waals surface area contributed by atoms with Gasteiger partial charge in [-0.2, -0.15) is 22.0 Å². The van der Waals surface area contributed by atoms with E-state index < -0.39 is 34.7 Å². The Bertz CT molecular complexity index is 996. The molecule has 0 aromatic carbocycles. The minimum Gasteiger partial charge on any atom is -0.283 e. The summed E-state index contributed by atoms with van der Waals surface area (Å²) in [7, 11) is 0. The van der Waals surface area contributed by atoms with Crippen molar-refractivity contribution in [2.24, 2.45) is 0 Å². The minimum absolute atomic E-state index is 0.00715. The van der Waals surface area contributed by atoms with Gasteiger partial charge in [0.25, 0.3) is 0 Å². The van der Waals surface area contributed by atoms with Crippen LogP contribution in [0.5, 0.6) is 0 Å². The van der Waals surface area contributed by atoms with Gasteiger partial charge in [-0.3, -0.25) is 4.40 Å². The normalized spacial score (nSPS) is 12.8. The Kier molecular flexibility index (Phi) is 3.62. The molecular formula is C14H7F6N3O2. The molecule has 0 aliphatic rings. The van der Waals surface area contributed by atoms with Crippen LogP contribution in [0.2, 0.25) is 0 Å². The summed E-state index contributed by atoms with van der Waals surface area (Å²) in [6.45, 7) is 1.24. The highest BCUT2D eigenvalue weighted by Gasteiger charge is 2.59. The van der Waals surface area contributed by atoms with E-state index in [1.54, 1.807) is 0 Å². The molecular weight excluding hydrogens is 356 g/mol. The smallest absolute Gasteiger partial charge is 0.283 e. The van der Waals surface area contributed by atoms with E-state index in [9.17, 15) is 31.3 Å². The number of hydrogen-bond acceptors (Lipinski definition) is 4. The fraction of sp³-hybridized carbons (Fsp3) is 0.214. The zero-order chi connectivity index (χ0) is 18.6. The largest absolute Gasteiger partial charge is 0.458 e. The number of aryl methyl sites for hydroxylation is 1. The van der Waals surface area contributed by atoms with Crippen LogP contribution in [-0.4, -0.2) is 26.5 Å². The van der Waals surface area contributed by atoms with Crippen molar-refractivity contribution in [1.29, 1.82) is 0 Å². The maximum absolute atomic E-state index is 13.9. The van der Waals surface area contributed by atoms with Crippen molar-refractivity contribution in [3.05, 3.63) is 41.3 Å². The second-order valence-corrected chi connectivity index (χ2v) is 5.17. The maximum atomic E-state index is 13.9. The summed E-state index contributed by atoms with van der Waals surface area (Å²) in [6, 6.07) is 2.71. The first-order chi connectivity index (χ1) is 11.6. The molecule has 0 amide bonds. The number of rotatable bonds is 2. The highest BCUT2D eigenvalue weighted by Crippen LogP contribution is 2.46. The summed E-state index contributed by atoms with van der Waals surface area (Å²) >= 11 is 0. The summed E-state index contributed by atoms with van der Waals surface area (Å²) in [6.07, 6.45) is -4.87. The van der Waals surface area contributed by atoms with E-state index in [1.165, 1.54) is 6.92 Å². The van der Waals surface area contributed by atoms with Gasteiger partial charge in [0.05, 0.1) is 0 Å². The van der Waals surface area contributed by atoms with Gasteiger partial charge in [0.1, 0.15) is 11.3 Å². The van der Waals surface area contributed by atoms with Crippen LogP contribution in [0.15, 0.2) is 24.4 Å². The van der Waals surface area contributed by atoms with Crippen molar-refractivity contribution in [2.45, 2.75) is 19.0 Å². The lowest BCUT2D eigenvalue weighted by Crippen LogP contribution is -2.34. The molecule has 0 radical (unpaired) electrons. The van der Waals surface area contributed by atoms with Crippen LogP contribution in [0, 0.1) is 6.92 Å². The molecule has 0 saturated heterocycles. The number of halogens is 6. The van der Waals surface area contributed by atoms with Crippen LogP contribution in [-0.2, 0) is 10.9 Å². The van der Waals surface area contributed by atoms with Crippen LogP contribution in [0.3, 0.4) is 0 Å². The molecule has 11 heteroatoms. The van der Waals surface area contributed by atoms with E-state index >= 15 is 0 Å². The Morgan fingerprint density at radius 2 is 1.84 bits per heavy atom. The lowest BCUT2D eigenvalue weighted by Gasteiger charge is -2.21. The molecule has 0 bridgehead atoms. The van der Waals surface area contributed by atoms with Crippen LogP contribution in [0.1, 0.15) is 21.7 Å². The number of carbonyl (C=O) groups is 1. The molecule has 0 aliphatic carbocycles. The number of carbonyl (C=O) groups excluding carboxylic acids is 1. The summed E-state index contributed by atoms with van der Waals surface area (Å²) in [5, 5.41) is -0.488. The average Bonchev–Trinajstić information content (AvgIpc) is 2.96. The maximum Gasteiger partial charge on any atom is 0.458 e. The van der Waals surface area contributed by atoms with Crippen molar-refractivity contribution < 1.29 is 36.2 Å². The van der Waals surface area contributed by atoms with E-state index in [0.717, 1.165) is 22.7 Å². The van der Waals surface area contributed by atoms with Crippen molar-refractivity contribution in [3.63, 3.8) is 0 Å². The van der Waals surface area contributed by atoms with E-state index in [0.29, 0.717) is 6.07 Å². The average molecular weight is 363 g/mol. The number of aromatic nitrogens is 3. The molecule has 0 spiro atoms. The van der Waals surface area contributed by atoms with Gasteiger partial charge in [-0.05, 0) is 25.1 Å². The molecule has 132 valence electrons. The monoisotopic (exact) mass is 363 g/mol. The fourth-order valence-electron chi connectivity index (χ4n) is 2.40. The molecule has 3 rings (SSSR count). The number of hydrogen-bond donors (Lipinski definition) is 0. The fourth-order valence-corrected chi connectivity index (χ4v) is 2.40. The number of fused-ring (bicyclic) bond motifs is 3. The van der Waals surface area contributed by atoms with Crippen LogP contribution >= 0.6 is 0 Å². The molecule has 0 saturated carbocycles. The highest BCUT2D eigenvalue weighted by atomic mass is 19.4. The first-order valence-electron chi connectivity index (χ1n) is 6.63. The molecule has 0 N–H and O–H groups in total. The quantitative estimate of drug-likeness (QED) is 0.649. The topological polar surface area (TPSA) is 56.5 Å². The summed E-state index contributed by atoms with van der Waals surface area (Å²) in [4.78, 5) is 21.8. The summed E-state index contributed by atoms with van der Waals surface area (Å²) in [5.41, 5.74) is -2.19. The van der Waals surface area contributed by atoms with Gasteiger partial charge in [-0.25, -0.2) is 19.7 Å². The molecule has 0 aliphatic heterocycles. The first kappa shape index (κ1) is 17.0. The third-order valence-electron chi connectivity index (χ3n) is 3.50. The third-order valence-corrected chi connectivity index (χ3v) is 3.50. The molecule has 0 atom stereocenters. The van der Waals surface area contributed by atoms with Crippen molar-refractivity contribution in [1.82, 2.24) is 14.4 Å². The molecule has 3 aromatic heterocycles. The standard InChI is InChI=1S/C14H7F6N3O2/c1-6-4-8(13(15,16)14(17,18)19)7-2-3-10-22-9(12(24)25-20)5-23(10)11(7)21-6/h2-5H,1H3. The minimum atomic E-state index is -5.80. The van der Waals surface area contributed by atoms with Gasteiger partial charge >= 0.3 is 18.1 Å². The van der Waals surface area contributed by atoms with Gasteiger partial charge < -0.3 is 0 Å². The molecule has 0 fully saturated rings. The van der Waals surface area contributed by atoms with E-state index in [-0.39, 0.29) is 17.0 Å². The van der Waals surface area contributed by atoms with Gasteiger partial charge in [0.15, 0.2) is 5.69 Å². The molecule has 3 aromatic rings. The highest BCUT2D eigenvalue weighted by molar-refractivity contribution is 5.89. The summed E-state index contributed by atoms with van der Waals surface area (Å²) < 4.78 is 79.0. The van der Waals surface area contributed by atoms with Gasteiger partial charge in [-0.1, -0.05) is 0 Å². The second kappa shape index (κ2) is 5.33. The predicted octanol–water partition coefficient (Wildman–Crippen LogP) is 3.89. The molecule has 0 unspecified atom stereocenters. The van der Waals surface area contributed by atoms with Crippen molar-refractivity contribution in [3.8, 4) is 0 Å². The van der Waals surface area contributed by atoms with Gasteiger partial charge in [0.2, 0.25) is 0 Å². The Balaban J connectivity index is 2.37. The number of alkyl halides is 5. The zero-order valence-corrected chi connectivity index (χ0v) is 12.2. The zero-order valence-electron chi connectivity index (χ0n) is 12.2. The second-order valence-electron chi connectivity index (χ2n) is 5.17. The lowest BCUT2D eigenvalue weighted by molar-refractivity contribution is -0.288. The number of pyridine rings is 2. The Morgan fingerprint density at radius 3 is 2.44 bits per heavy atom. The van der Waals surface area contributed by atoms with Gasteiger partial charge in [0, 0.05) is 27.4 Å².